The number of β-lactam (4-membered cyclic amide) rings is 1. The van der Waals surface area contributed by atoms with Gasteiger partial charge in [-0.25, -0.2) is 4.79 Å². The number of aliphatic imine (C=N–C) groups is 1. The molecule has 1 aromatic heterocycles. The molecule has 0 radical (unpaired) electrons. The SMILES string of the molecule is CN=C(C(=O)NC1C(=O)N2C(C(=O)O)=C(OS(=O)(=O)C(F)(F)F)CCC12)c1nsc(N)n1. The van der Waals surface area contributed by atoms with Crippen molar-refractivity contribution in [2.24, 2.45) is 4.99 Å². The van der Waals surface area contributed by atoms with Gasteiger partial charge in [0, 0.05) is 25.0 Å². The van der Waals surface area contributed by atoms with Crippen LogP contribution in [0, 0.1) is 0 Å². The summed E-state index contributed by atoms with van der Waals surface area (Å²) in [6.07, 6.45) is -0.729. The molecule has 0 aromatic carbocycles. The van der Waals surface area contributed by atoms with Crippen LogP contribution in [0.2, 0.25) is 0 Å². The zero-order valence-electron chi connectivity index (χ0n) is 15.8. The first-order valence-electron chi connectivity index (χ1n) is 8.46. The van der Waals surface area contributed by atoms with Crippen molar-refractivity contribution in [3.05, 3.63) is 17.3 Å². The summed E-state index contributed by atoms with van der Waals surface area (Å²) in [5.74, 6) is -4.88. The first-order chi connectivity index (χ1) is 14.8. The van der Waals surface area contributed by atoms with Gasteiger partial charge in [0.2, 0.25) is 0 Å². The number of rotatable bonds is 6. The summed E-state index contributed by atoms with van der Waals surface area (Å²) in [4.78, 5) is 44.7. The van der Waals surface area contributed by atoms with Crippen LogP contribution in [0.3, 0.4) is 0 Å². The van der Waals surface area contributed by atoms with Crippen molar-refractivity contribution in [1.82, 2.24) is 19.6 Å². The van der Waals surface area contributed by atoms with Gasteiger partial charge in [-0.2, -0.15) is 30.9 Å². The van der Waals surface area contributed by atoms with Crippen LogP contribution in [-0.4, -0.2) is 75.9 Å². The summed E-state index contributed by atoms with van der Waals surface area (Å²) < 4.78 is 68.1. The number of nitrogens with zero attached hydrogens (tertiary/aromatic N) is 4. The normalized spacial score (nSPS) is 21.7. The maximum atomic E-state index is 12.6. The number of anilines is 1. The Morgan fingerprint density at radius 1 is 1.41 bits per heavy atom. The zero-order valence-corrected chi connectivity index (χ0v) is 17.4. The summed E-state index contributed by atoms with van der Waals surface area (Å²) >= 11 is 0.799. The van der Waals surface area contributed by atoms with Gasteiger partial charge >= 0.3 is 21.6 Å². The van der Waals surface area contributed by atoms with Crippen molar-refractivity contribution < 1.29 is 45.3 Å². The lowest BCUT2D eigenvalue weighted by atomic mass is 9.85. The van der Waals surface area contributed by atoms with Gasteiger partial charge in [-0.1, -0.05) is 0 Å². The van der Waals surface area contributed by atoms with E-state index in [0.717, 1.165) is 11.5 Å². The van der Waals surface area contributed by atoms with Crippen molar-refractivity contribution in [3.63, 3.8) is 0 Å². The van der Waals surface area contributed by atoms with Gasteiger partial charge in [-0.15, -0.1) is 0 Å². The molecule has 0 aliphatic carbocycles. The molecule has 18 heteroatoms. The van der Waals surface area contributed by atoms with E-state index in [1.165, 1.54) is 7.05 Å². The maximum Gasteiger partial charge on any atom is 0.534 e. The minimum Gasteiger partial charge on any atom is -0.476 e. The molecule has 2 aliphatic rings. The Hall–Kier alpha value is -3.28. The summed E-state index contributed by atoms with van der Waals surface area (Å²) in [6.45, 7) is 0. The van der Waals surface area contributed by atoms with E-state index in [0.29, 0.717) is 4.90 Å². The van der Waals surface area contributed by atoms with Crippen LogP contribution in [0.25, 0.3) is 0 Å². The molecule has 32 heavy (non-hydrogen) atoms. The summed E-state index contributed by atoms with van der Waals surface area (Å²) in [5.41, 5.74) is -1.64. The molecule has 0 spiro atoms. The standard InChI is InChI=1S/C14H13F3N6O7S2/c1-19-7(9-21-13(18)31-22-9)10(24)20-6-4-2-3-5(30-32(28,29)14(15,16)17)8(12(26)27)23(4)11(6)25/h4,6H,2-3H2,1H3,(H,20,24)(H,26,27)(H2,18,21,22). The molecule has 13 nitrogen and oxygen atoms in total. The smallest absolute Gasteiger partial charge is 0.476 e. The molecule has 2 aliphatic heterocycles. The number of nitrogens with one attached hydrogen (secondary N) is 1. The van der Waals surface area contributed by atoms with Gasteiger partial charge in [0.1, 0.15) is 6.04 Å². The molecular weight excluding hydrogens is 485 g/mol. The number of nitrogens with two attached hydrogens (primary N) is 1. The number of carbonyl (C=O) groups excluding carboxylic acids is 2. The lowest BCUT2D eigenvalue weighted by Gasteiger charge is -2.49. The highest BCUT2D eigenvalue weighted by atomic mass is 32.2. The number of allylic oxidation sites excluding steroid dienone is 1. The largest absolute Gasteiger partial charge is 0.534 e. The van der Waals surface area contributed by atoms with Crippen molar-refractivity contribution in [1.29, 1.82) is 0 Å². The fourth-order valence-electron chi connectivity index (χ4n) is 3.13. The molecule has 1 fully saturated rings. The summed E-state index contributed by atoms with van der Waals surface area (Å²) in [5, 5.41) is 11.8. The van der Waals surface area contributed by atoms with Crippen molar-refractivity contribution in [3.8, 4) is 0 Å². The molecule has 2 atom stereocenters. The Balaban J connectivity index is 1.82. The number of carboxylic acid groups (broad SMARTS) is 1. The number of fused-ring (bicyclic) bond motifs is 1. The Morgan fingerprint density at radius 2 is 2.06 bits per heavy atom. The second-order valence-corrected chi connectivity index (χ2v) is 8.68. The van der Waals surface area contributed by atoms with Gasteiger partial charge in [0.15, 0.2) is 28.1 Å². The van der Waals surface area contributed by atoms with E-state index in [1.807, 2.05) is 0 Å². The number of hydrogen-bond acceptors (Lipinski definition) is 11. The lowest BCUT2D eigenvalue weighted by Crippen LogP contribution is -2.72. The second kappa shape index (κ2) is 8.01. The number of carbonyl (C=O) groups is 3. The molecule has 1 saturated heterocycles. The molecule has 2 unspecified atom stereocenters. The van der Waals surface area contributed by atoms with Gasteiger partial charge in [-0.05, 0) is 6.42 Å². The molecule has 174 valence electrons. The second-order valence-electron chi connectivity index (χ2n) is 6.35. The van der Waals surface area contributed by atoms with Gasteiger partial charge in [0.25, 0.3) is 11.8 Å². The van der Waals surface area contributed by atoms with E-state index >= 15 is 0 Å². The molecule has 2 amide bonds. The van der Waals surface area contributed by atoms with Crippen LogP contribution in [0.5, 0.6) is 0 Å². The molecule has 0 bridgehead atoms. The predicted molar refractivity (Wildman–Crippen MR) is 99.3 cm³/mol. The van der Waals surface area contributed by atoms with Gasteiger partial charge < -0.3 is 20.3 Å². The van der Waals surface area contributed by atoms with Crippen LogP contribution in [0.4, 0.5) is 18.3 Å². The summed E-state index contributed by atoms with van der Waals surface area (Å²) in [7, 11) is -4.88. The Bertz CT molecular complexity index is 1160. The fraction of sp³-hybridized carbons (Fsp3) is 0.429. The summed E-state index contributed by atoms with van der Waals surface area (Å²) in [6, 6.07) is -2.21. The van der Waals surface area contributed by atoms with Gasteiger partial charge in [0.05, 0.1) is 6.04 Å². The third kappa shape index (κ3) is 3.97. The van der Waals surface area contributed by atoms with E-state index in [9.17, 15) is 41.1 Å². The lowest BCUT2D eigenvalue weighted by molar-refractivity contribution is -0.156. The fourth-order valence-corrected chi connectivity index (χ4v) is 4.09. The van der Waals surface area contributed by atoms with E-state index in [2.05, 4.69) is 23.8 Å². The maximum absolute atomic E-state index is 12.6. The van der Waals surface area contributed by atoms with Crippen molar-refractivity contribution in [2.45, 2.75) is 30.4 Å². The van der Waals surface area contributed by atoms with Crippen molar-refractivity contribution in [2.75, 3.05) is 12.8 Å². The third-order valence-electron chi connectivity index (χ3n) is 4.47. The molecular formula is C14H13F3N6O7S2. The highest BCUT2D eigenvalue weighted by molar-refractivity contribution is 7.87. The first-order valence-corrected chi connectivity index (χ1v) is 10.6. The Kier molecular flexibility index (Phi) is 5.85. The van der Waals surface area contributed by atoms with Crippen LogP contribution in [-0.2, 0) is 28.7 Å². The monoisotopic (exact) mass is 498 g/mol. The van der Waals surface area contributed by atoms with E-state index in [4.69, 9.17) is 5.73 Å². The van der Waals surface area contributed by atoms with Crippen molar-refractivity contribution >= 4 is 50.3 Å². The molecule has 0 saturated carbocycles. The Labute approximate surface area is 181 Å². The minimum absolute atomic E-state index is 0.0599. The van der Waals surface area contributed by atoms with Crippen LogP contribution >= 0.6 is 11.5 Å². The number of aromatic nitrogens is 2. The molecule has 3 heterocycles. The third-order valence-corrected chi connectivity index (χ3v) is 6.00. The quantitative estimate of drug-likeness (QED) is 0.193. The number of halogens is 3. The average molecular weight is 498 g/mol. The number of nitrogen functional groups attached to an aromatic ring is 1. The van der Waals surface area contributed by atoms with E-state index in [-0.39, 0.29) is 23.1 Å². The number of amides is 2. The van der Waals surface area contributed by atoms with Crippen LogP contribution in [0.1, 0.15) is 18.7 Å². The minimum atomic E-state index is -6.14. The van der Waals surface area contributed by atoms with E-state index < -0.39 is 63.4 Å². The van der Waals surface area contributed by atoms with Crippen LogP contribution in [0.15, 0.2) is 16.4 Å². The topological polar surface area (TPSA) is 194 Å². The number of hydrogen-bond donors (Lipinski definition) is 3. The zero-order chi connectivity index (χ0) is 24.0. The number of aliphatic carboxylic acids is 1. The number of carboxylic acids is 1. The molecule has 4 N–H and O–H groups in total. The highest BCUT2D eigenvalue weighted by Crippen LogP contribution is 2.39. The Morgan fingerprint density at radius 3 is 2.56 bits per heavy atom. The van der Waals surface area contributed by atoms with Gasteiger partial charge in [-0.3, -0.25) is 19.5 Å². The predicted octanol–water partition coefficient (Wildman–Crippen LogP) is -0.809. The first kappa shape index (κ1) is 23.4. The van der Waals surface area contributed by atoms with E-state index in [1.54, 1.807) is 0 Å². The molecule has 1 aromatic rings. The highest BCUT2D eigenvalue weighted by Gasteiger charge is 2.56. The number of alkyl halides is 3. The molecule has 3 rings (SSSR count). The average Bonchev–Trinajstić information content (AvgIpc) is 3.10. The van der Waals surface area contributed by atoms with Crippen LogP contribution < -0.4 is 11.1 Å².